The van der Waals surface area contributed by atoms with Crippen molar-refractivity contribution in [2.24, 2.45) is 23.5 Å². The number of carbonyl (C=O) groups is 3. The number of aromatic hydroxyl groups is 1. The summed E-state index contributed by atoms with van der Waals surface area (Å²) in [7, 11) is 0. The van der Waals surface area contributed by atoms with E-state index < -0.39 is 75.5 Å². The van der Waals surface area contributed by atoms with Gasteiger partial charge in [-0.1, -0.05) is 0 Å². The highest BCUT2D eigenvalue weighted by Gasteiger charge is 2.51. The van der Waals surface area contributed by atoms with Crippen molar-refractivity contribution in [1.29, 1.82) is 0 Å². The van der Waals surface area contributed by atoms with Crippen molar-refractivity contribution in [3.8, 4) is 5.75 Å². The third-order valence-electron chi connectivity index (χ3n) is 6.17. The summed E-state index contributed by atoms with van der Waals surface area (Å²) in [6.45, 7) is 0. The molecule has 0 bridgehead atoms. The molecule has 0 aromatic heterocycles. The molecule has 3 atom stereocenters. The van der Waals surface area contributed by atoms with E-state index >= 15 is 0 Å². The number of hydrogen-bond acceptors (Lipinski definition) is 6. The van der Waals surface area contributed by atoms with E-state index in [1.165, 1.54) is 0 Å². The van der Waals surface area contributed by atoms with E-state index in [9.17, 15) is 42.9 Å². The molecule has 1 aromatic carbocycles. The van der Waals surface area contributed by atoms with Crippen molar-refractivity contribution in [2.75, 3.05) is 0 Å². The van der Waals surface area contributed by atoms with Gasteiger partial charge in [-0.05, 0) is 42.4 Å². The van der Waals surface area contributed by atoms with E-state index in [1.807, 2.05) is 0 Å². The van der Waals surface area contributed by atoms with Gasteiger partial charge in [0.15, 0.2) is 17.4 Å². The zero-order valence-corrected chi connectivity index (χ0v) is 16.3. The molecule has 1 amide bonds. The van der Waals surface area contributed by atoms with Crippen LogP contribution in [-0.4, -0.2) is 38.3 Å². The van der Waals surface area contributed by atoms with Crippen LogP contribution in [0.1, 0.15) is 32.4 Å². The number of carbonyl (C=O) groups excluding carboxylic acids is 3. The molecule has 32 heavy (non-hydrogen) atoms. The van der Waals surface area contributed by atoms with Crippen LogP contribution in [0.3, 0.4) is 0 Å². The average Bonchev–Trinajstić information content (AvgIpc) is 2.66. The van der Waals surface area contributed by atoms with Crippen molar-refractivity contribution in [2.45, 2.75) is 19.3 Å². The number of aliphatic hydroxyl groups is 2. The number of nitrogens with two attached hydrogens (primary N) is 1. The minimum Gasteiger partial charge on any atom is -0.511 e. The van der Waals surface area contributed by atoms with Crippen LogP contribution in [0.4, 0.5) is 13.2 Å². The summed E-state index contributed by atoms with van der Waals surface area (Å²) >= 11 is 0. The van der Waals surface area contributed by atoms with Gasteiger partial charge >= 0.3 is 6.08 Å². The van der Waals surface area contributed by atoms with E-state index in [1.54, 1.807) is 0 Å². The van der Waals surface area contributed by atoms with E-state index in [2.05, 4.69) is 0 Å². The number of aliphatic hydroxyl groups excluding tert-OH is 2. The molecule has 0 radical (unpaired) electrons. The molecular weight excluding hydrogens is 435 g/mol. The molecule has 3 aliphatic carbocycles. The van der Waals surface area contributed by atoms with Gasteiger partial charge < -0.3 is 26.5 Å². The van der Waals surface area contributed by atoms with Crippen LogP contribution in [0, 0.1) is 17.8 Å². The Hall–Kier alpha value is -3.60. The largest absolute Gasteiger partial charge is 0.511 e. The van der Waals surface area contributed by atoms with Crippen LogP contribution in [0.5, 0.6) is 5.75 Å². The lowest BCUT2D eigenvalue weighted by Gasteiger charge is -2.41. The number of ketones is 2. The van der Waals surface area contributed by atoms with Gasteiger partial charge in [0.2, 0.25) is 0 Å². The lowest BCUT2D eigenvalue weighted by molar-refractivity contribution is -0.127. The van der Waals surface area contributed by atoms with Crippen molar-refractivity contribution in [3.05, 3.63) is 51.8 Å². The molecule has 11 heteroatoms. The maximum atomic E-state index is 14.1. The normalized spacial score (nSPS) is 24.3. The average molecular weight is 457 g/mol. The number of hydrogen-bond donors (Lipinski definition) is 4. The van der Waals surface area contributed by atoms with Crippen LogP contribution >= 0.6 is 0 Å². The molecule has 3 aliphatic rings. The van der Waals surface area contributed by atoms with E-state index in [0.29, 0.717) is 0 Å². The van der Waals surface area contributed by atoms with Crippen molar-refractivity contribution in [1.82, 2.24) is 0 Å². The lowest BCUT2D eigenvalue weighted by Crippen LogP contribution is -2.44. The Labute approximate surface area is 181 Å². The number of phenolic OH excluding ortho intramolecular Hbond substituents is 1. The van der Waals surface area contributed by atoms with Crippen molar-refractivity contribution >= 4 is 29.1 Å². The third kappa shape index (κ3) is 3.16. The SMILES string of the molecule is NC(=O)C1=C(O)C2C(=O)C3=C(O)c4c(O)ccc(C(F)=C(F)F)c4CC3CC2CC1=O.O.[HH].[HH]. The maximum absolute atomic E-state index is 14.1. The highest BCUT2D eigenvalue weighted by atomic mass is 19.3. The number of phenols is 1. The minimum absolute atomic E-state index is 0. The number of allylic oxidation sites excluding steroid dienone is 2. The molecule has 7 N–H and O–H groups in total. The summed E-state index contributed by atoms with van der Waals surface area (Å²) in [5.74, 6) is -9.29. The quantitative estimate of drug-likeness (QED) is 0.497. The molecule has 0 heterocycles. The molecule has 1 aromatic rings. The standard InChI is InChI=1S/C21H16F3NO6.H2O.2H2/c22-16(20(23)24)8-1-2-10(26)14-9(8)4-6-3-7-5-11(27)15(21(25)31)19(30)13(7)17(28)12(6)18(14)29;;;/h1-2,6-7,13,26,29-30H,3-5H2,(H2,25,31);1H2;2*1H. The Bertz CT molecular complexity index is 1180. The lowest BCUT2D eigenvalue weighted by atomic mass is 9.61. The van der Waals surface area contributed by atoms with Gasteiger partial charge in [0.05, 0.1) is 11.5 Å². The summed E-state index contributed by atoms with van der Waals surface area (Å²) in [5, 5.41) is 31.4. The third-order valence-corrected chi connectivity index (χ3v) is 6.17. The van der Waals surface area contributed by atoms with Crippen LogP contribution in [0.25, 0.3) is 11.6 Å². The first-order valence-corrected chi connectivity index (χ1v) is 9.34. The van der Waals surface area contributed by atoms with Crippen LogP contribution in [-0.2, 0) is 20.8 Å². The second-order valence-corrected chi connectivity index (χ2v) is 7.81. The summed E-state index contributed by atoms with van der Waals surface area (Å²) in [6.07, 6.45) is -2.91. The molecule has 0 aliphatic heterocycles. The highest BCUT2D eigenvalue weighted by Crippen LogP contribution is 2.51. The first kappa shape index (κ1) is 23.1. The topological polar surface area (TPSA) is 169 Å². The van der Waals surface area contributed by atoms with Gasteiger partial charge in [-0.15, -0.1) is 0 Å². The van der Waals surface area contributed by atoms with Gasteiger partial charge in [-0.3, -0.25) is 14.4 Å². The number of rotatable bonds is 2. The first-order chi connectivity index (χ1) is 14.5. The van der Waals surface area contributed by atoms with E-state index in [4.69, 9.17) is 5.73 Å². The summed E-state index contributed by atoms with van der Waals surface area (Å²) in [4.78, 5) is 37.0. The molecule has 4 rings (SSSR count). The second-order valence-electron chi connectivity index (χ2n) is 7.81. The van der Waals surface area contributed by atoms with Crippen LogP contribution in [0.15, 0.2) is 35.1 Å². The fourth-order valence-electron chi connectivity index (χ4n) is 4.95. The van der Waals surface area contributed by atoms with Gasteiger partial charge in [0, 0.05) is 20.4 Å². The Morgan fingerprint density at radius 3 is 2.34 bits per heavy atom. The molecule has 0 spiro atoms. The zero-order valence-electron chi connectivity index (χ0n) is 16.3. The van der Waals surface area contributed by atoms with Gasteiger partial charge in [0.25, 0.3) is 5.91 Å². The molecule has 8 nitrogen and oxygen atoms in total. The second kappa shape index (κ2) is 7.83. The fraction of sp³-hybridized carbons (Fsp3) is 0.286. The van der Waals surface area contributed by atoms with E-state index in [0.717, 1.165) is 12.1 Å². The van der Waals surface area contributed by atoms with Gasteiger partial charge in [-0.2, -0.15) is 8.78 Å². The Morgan fingerprint density at radius 2 is 1.75 bits per heavy atom. The molecule has 1 saturated carbocycles. The summed E-state index contributed by atoms with van der Waals surface area (Å²) < 4.78 is 39.8. The summed E-state index contributed by atoms with van der Waals surface area (Å²) in [6, 6.07) is 1.87. The molecule has 0 saturated heterocycles. The molecule has 174 valence electrons. The predicted octanol–water partition coefficient (Wildman–Crippen LogP) is 2.51. The first-order valence-electron chi connectivity index (χ1n) is 9.34. The number of Topliss-reactive ketones (excluding diaryl/α,β-unsaturated/α-hetero) is 2. The van der Waals surface area contributed by atoms with Crippen molar-refractivity contribution < 1.29 is 51.2 Å². The number of fused-ring (bicyclic) bond motifs is 3. The number of primary amides is 1. The number of halogens is 3. The van der Waals surface area contributed by atoms with Crippen LogP contribution < -0.4 is 5.73 Å². The fourth-order valence-corrected chi connectivity index (χ4v) is 4.95. The van der Waals surface area contributed by atoms with Crippen molar-refractivity contribution in [3.63, 3.8) is 0 Å². The predicted molar refractivity (Wildman–Crippen MR) is 108 cm³/mol. The molecule has 1 fully saturated rings. The molecule has 3 unspecified atom stereocenters. The minimum atomic E-state index is -2.58. The number of benzene rings is 1. The van der Waals surface area contributed by atoms with Gasteiger partial charge in [0.1, 0.15) is 22.8 Å². The highest BCUT2D eigenvalue weighted by molar-refractivity contribution is 6.21. The monoisotopic (exact) mass is 457 g/mol. The smallest absolute Gasteiger partial charge is 0.306 e. The Morgan fingerprint density at radius 1 is 1.09 bits per heavy atom. The van der Waals surface area contributed by atoms with Gasteiger partial charge in [-0.25, -0.2) is 4.39 Å². The van der Waals surface area contributed by atoms with E-state index in [-0.39, 0.29) is 44.3 Å². The molecular formula is C21H22F3NO7. The summed E-state index contributed by atoms with van der Waals surface area (Å²) in [5.41, 5.74) is 3.33. The number of amides is 1. The Balaban J connectivity index is 0.00000193. The maximum Gasteiger partial charge on any atom is 0.306 e. The zero-order chi connectivity index (χ0) is 22.8. The Kier molecular flexibility index (Phi) is 5.64. The van der Waals surface area contributed by atoms with Crippen LogP contribution in [0.2, 0.25) is 0 Å².